The largest absolute Gasteiger partial charge is 0.417 e. The molecule has 3 aromatic rings. The number of pyridine rings is 1. The van der Waals surface area contributed by atoms with Crippen molar-refractivity contribution in [1.82, 2.24) is 4.98 Å². The third-order valence-corrected chi connectivity index (χ3v) is 4.71. The summed E-state index contributed by atoms with van der Waals surface area (Å²) in [7, 11) is 0. The molecule has 3 rings (SSSR count). The van der Waals surface area contributed by atoms with Gasteiger partial charge in [0.05, 0.1) is 33.8 Å². The molecule has 0 fully saturated rings. The summed E-state index contributed by atoms with van der Waals surface area (Å²) in [6.07, 6.45) is -2.35. The zero-order valence-corrected chi connectivity index (χ0v) is 16.7. The summed E-state index contributed by atoms with van der Waals surface area (Å²) in [4.78, 5) is 3.60. The SMILES string of the molecule is N=Cc1cc(C#Cc2c(F)ccc(NOSc3ccccc3C(F)(F)F)c2F)cnc1N. The normalized spacial score (nSPS) is 10.9. The van der Waals surface area contributed by atoms with Crippen LogP contribution in [0.3, 0.4) is 0 Å². The van der Waals surface area contributed by atoms with Crippen molar-refractivity contribution in [3.8, 4) is 11.8 Å². The van der Waals surface area contributed by atoms with Crippen LogP contribution in [0.4, 0.5) is 33.5 Å². The maximum atomic E-state index is 14.7. The van der Waals surface area contributed by atoms with Crippen molar-refractivity contribution in [2.45, 2.75) is 11.1 Å². The number of alkyl halides is 3. The summed E-state index contributed by atoms with van der Waals surface area (Å²) < 4.78 is 72.8. The number of nitrogen functional groups attached to an aromatic ring is 1. The lowest BCUT2D eigenvalue weighted by molar-refractivity contribution is -0.139. The molecule has 0 radical (unpaired) electrons. The average Bonchev–Trinajstić information content (AvgIpc) is 2.76. The highest BCUT2D eigenvalue weighted by molar-refractivity contribution is 7.94. The zero-order valence-electron chi connectivity index (χ0n) is 15.9. The predicted octanol–water partition coefficient (Wildman–Crippen LogP) is 5.41. The van der Waals surface area contributed by atoms with Gasteiger partial charge in [-0.05, 0) is 30.3 Å². The molecule has 5 nitrogen and oxygen atoms in total. The van der Waals surface area contributed by atoms with Crippen LogP contribution >= 0.6 is 12.0 Å². The molecule has 0 aliphatic heterocycles. The average molecular weight is 464 g/mol. The van der Waals surface area contributed by atoms with E-state index in [1.54, 1.807) is 0 Å². The Kier molecular flexibility index (Phi) is 6.97. The molecule has 0 atom stereocenters. The van der Waals surface area contributed by atoms with Gasteiger partial charge in [-0.2, -0.15) is 17.5 Å². The molecule has 0 bridgehead atoms. The highest BCUT2D eigenvalue weighted by Crippen LogP contribution is 2.37. The molecule has 32 heavy (non-hydrogen) atoms. The minimum atomic E-state index is -4.59. The Hall–Kier alpha value is -3.62. The lowest BCUT2D eigenvalue weighted by Crippen LogP contribution is -2.07. The van der Waals surface area contributed by atoms with Crippen LogP contribution in [0.1, 0.15) is 22.3 Å². The first-order chi connectivity index (χ1) is 15.2. The van der Waals surface area contributed by atoms with E-state index >= 15 is 0 Å². The van der Waals surface area contributed by atoms with E-state index in [1.807, 2.05) is 0 Å². The number of aromatic nitrogens is 1. The van der Waals surface area contributed by atoms with Crippen LogP contribution in [-0.4, -0.2) is 11.2 Å². The smallest absolute Gasteiger partial charge is 0.383 e. The van der Waals surface area contributed by atoms with Crippen LogP contribution < -0.4 is 11.2 Å². The van der Waals surface area contributed by atoms with Crippen LogP contribution in [0, 0.1) is 28.9 Å². The van der Waals surface area contributed by atoms with E-state index in [4.69, 9.17) is 15.4 Å². The molecule has 0 saturated carbocycles. The van der Waals surface area contributed by atoms with Crippen LogP contribution in [0.25, 0.3) is 0 Å². The Labute approximate surface area is 183 Å². The summed E-state index contributed by atoms with van der Waals surface area (Å²) in [6, 6.07) is 8.07. The molecule has 0 aliphatic carbocycles. The van der Waals surface area contributed by atoms with Crippen LogP contribution in [0.15, 0.2) is 53.6 Å². The summed E-state index contributed by atoms with van der Waals surface area (Å²) >= 11 is 0.334. The van der Waals surface area contributed by atoms with Gasteiger partial charge in [-0.25, -0.2) is 13.8 Å². The predicted molar refractivity (Wildman–Crippen MR) is 111 cm³/mol. The third kappa shape index (κ3) is 5.35. The number of benzene rings is 2. The third-order valence-electron chi connectivity index (χ3n) is 4.00. The van der Waals surface area contributed by atoms with Gasteiger partial charge in [0, 0.05) is 23.5 Å². The second kappa shape index (κ2) is 9.67. The number of rotatable bonds is 5. The minimum absolute atomic E-state index is 0.107. The fourth-order valence-electron chi connectivity index (χ4n) is 2.44. The second-order valence-corrected chi connectivity index (χ2v) is 6.91. The number of nitrogens with one attached hydrogen (secondary N) is 2. The van der Waals surface area contributed by atoms with Crippen LogP contribution in [-0.2, 0) is 10.5 Å². The van der Waals surface area contributed by atoms with E-state index in [0.717, 1.165) is 24.4 Å². The Morgan fingerprint density at radius 1 is 1.12 bits per heavy atom. The first-order valence-corrected chi connectivity index (χ1v) is 9.46. The molecule has 4 N–H and O–H groups in total. The van der Waals surface area contributed by atoms with E-state index < -0.39 is 28.9 Å². The molecule has 11 heteroatoms. The molecule has 164 valence electrons. The van der Waals surface area contributed by atoms with Crippen molar-refractivity contribution >= 4 is 29.8 Å². The molecular weight excluding hydrogens is 451 g/mol. The molecule has 0 saturated heterocycles. The molecule has 0 spiro atoms. The van der Waals surface area contributed by atoms with Crippen molar-refractivity contribution in [2.75, 3.05) is 11.2 Å². The van der Waals surface area contributed by atoms with E-state index in [9.17, 15) is 22.0 Å². The molecule has 0 aliphatic rings. The van der Waals surface area contributed by atoms with Crippen molar-refractivity contribution in [3.63, 3.8) is 0 Å². The van der Waals surface area contributed by atoms with Gasteiger partial charge in [0.1, 0.15) is 11.6 Å². The Morgan fingerprint density at radius 2 is 1.88 bits per heavy atom. The maximum absolute atomic E-state index is 14.7. The number of hydrogen-bond donors (Lipinski definition) is 3. The molecule has 0 unspecified atom stereocenters. The Bertz CT molecular complexity index is 1220. The van der Waals surface area contributed by atoms with Crippen molar-refractivity contribution in [2.24, 2.45) is 0 Å². The first-order valence-electron chi connectivity index (χ1n) is 8.72. The van der Waals surface area contributed by atoms with E-state index in [-0.39, 0.29) is 27.5 Å². The Balaban J connectivity index is 1.79. The first kappa shape index (κ1) is 23.1. The molecular formula is C21H13F5N4OS. The Morgan fingerprint density at radius 3 is 2.59 bits per heavy atom. The van der Waals surface area contributed by atoms with E-state index in [0.29, 0.717) is 12.0 Å². The lowest BCUT2D eigenvalue weighted by atomic mass is 10.1. The monoisotopic (exact) mass is 464 g/mol. The van der Waals surface area contributed by atoms with E-state index in [2.05, 4.69) is 22.3 Å². The van der Waals surface area contributed by atoms with Crippen LogP contribution in [0.5, 0.6) is 0 Å². The number of anilines is 2. The van der Waals surface area contributed by atoms with Crippen molar-refractivity contribution in [3.05, 3.63) is 82.5 Å². The molecule has 0 amide bonds. The molecule has 2 aromatic carbocycles. The van der Waals surface area contributed by atoms with Gasteiger partial charge < -0.3 is 11.1 Å². The zero-order chi connectivity index (χ0) is 23.3. The van der Waals surface area contributed by atoms with Gasteiger partial charge in [0.15, 0.2) is 5.82 Å². The topological polar surface area (TPSA) is 84.0 Å². The van der Waals surface area contributed by atoms with Gasteiger partial charge in [-0.1, -0.05) is 24.0 Å². The quantitative estimate of drug-likeness (QED) is 0.155. The molecule has 1 aromatic heterocycles. The summed E-state index contributed by atoms with van der Waals surface area (Å²) in [5.41, 5.74) is 6.46. The standard InChI is InChI=1S/C21H13F5N4OS/c22-16-7-8-17(30-31-32-18-4-2-1-3-15(18)21(24,25)26)19(23)14(16)6-5-12-9-13(10-27)20(28)29-11-12/h1-4,7-11,27,30H,(H2,28,29). The maximum Gasteiger partial charge on any atom is 0.417 e. The fraction of sp³-hybridized carbons (Fsp3) is 0.0476. The summed E-state index contributed by atoms with van der Waals surface area (Å²) in [5, 5.41) is 7.25. The van der Waals surface area contributed by atoms with Gasteiger partial charge in [0.2, 0.25) is 0 Å². The molecule has 1 heterocycles. The highest BCUT2D eigenvalue weighted by Gasteiger charge is 2.33. The van der Waals surface area contributed by atoms with Gasteiger partial charge in [-0.3, -0.25) is 5.48 Å². The van der Waals surface area contributed by atoms with Crippen molar-refractivity contribution < 1.29 is 26.2 Å². The number of nitrogens with zero attached hydrogens (tertiary/aromatic N) is 1. The summed E-state index contributed by atoms with van der Waals surface area (Å²) in [6.45, 7) is 0. The van der Waals surface area contributed by atoms with Crippen LogP contribution in [0.2, 0.25) is 0 Å². The van der Waals surface area contributed by atoms with Crippen molar-refractivity contribution in [1.29, 1.82) is 5.41 Å². The van der Waals surface area contributed by atoms with Gasteiger partial charge in [0.25, 0.3) is 0 Å². The number of hydrogen-bond acceptors (Lipinski definition) is 6. The van der Waals surface area contributed by atoms with Gasteiger partial charge >= 0.3 is 6.18 Å². The fourth-order valence-corrected chi connectivity index (χ4v) is 3.07. The second-order valence-electron chi connectivity index (χ2n) is 6.14. The highest BCUT2D eigenvalue weighted by atomic mass is 32.2. The van der Waals surface area contributed by atoms with E-state index in [1.165, 1.54) is 30.5 Å². The van der Waals surface area contributed by atoms with Gasteiger partial charge in [-0.15, -0.1) is 0 Å². The lowest BCUT2D eigenvalue weighted by Gasteiger charge is -2.12. The summed E-state index contributed by atoms with van der Waals surface area (Å²) in [5.74, 6) is 2.92. The number of halogens is 5. The number of nitrogens with two attached hydrogens (primary N) is 1. The minimum Gasteiger partial charge on any atom is -0.383 e.